The van der Waals surface area contributed by atoms with Gasteiger partial charge >= 0.3 is 0 Å². The second kappa shape index (κ2) is 9.52. The van der Waals surface area contributed by atoms with Crippen molar-refractivity contribution >= 4 is 27.9 Å². The minimum atomic E-state index is -0.280. The summed E-state index contributed by atoms with van der Waals surface area (Å²) in [4.78, 5) is 13.1. The number of aliphatic imine (C=N–C) groups is 1. The lowest BCUT2D eigenvalue weighted by Gasteiger charge is -2.11. The van der Waals surface area contributed by atoms with Crippen molar-refractivity contribution < 1.29 is 4.39 Å². The van der Waals surface area contributed by atoms with E-state index >= 15 is 0 Å². The van der Waals surface area contributed by atoms with Crippen molar-refractivity contribution in [1.29, 1.82) is 0 Å². The van der Waals surface area contributed by atoms with Gasteiger partial charge < -0.3 is 5.32 Å². The molecule has 4 aromatic rings. The van der Waals surface area contributed by atoms with E-state index in [9.17, 15) is 4.39 Å². The molecule has 0 saturated heterocycles. The third-order valence-electron chi connectivity index (χ3n) is 5.45. The van der Waals surface area contributed by atoms with Gasteiger partial charge in [-0.3, -0.25) is 9.98 Å². The number of fused-ring (bicyclic) bond motifs is 1. The van der Waals surface area contributed by atoms with Gasteiger partial charge in [-0.05, 0) is 66.3 Å². The second-order valence-corrected chi connectivity index (χ2v) is 7.67. The molecule has 0 bridgehead atoms. The molecule has 2 aromatic heterocycles. The molecule has 0 aliphatic carbocycles. The van der Waals surface area contributed by atoms with Crippen LogP contribution in [0, 0.1) is 5.82 Å². The van der Waals surface area contributed by atoms with Crippen LogP contribution >= 0.6 is 0 Å². The van der Waals surface area contributed by atoms with Crippen LogP contribution in [-0.2, 0) is 6.54 Å². The van der Waals surface area contributed by atoms with Gasteiger partial charge in [0.05, 0.1) is 5.69 Å². The first-order chi connectivity index (χ1) is 15.5. The molecule has 0 aliphatic heterocycles. The van der Waals surface area contributed by atoms with Crippen LogP contribution in [0.1, 0.15) is 25.0 Å². The van der Waals surface area contributed by atoms with Crippen molar-refractivity contribution in [3.05, 3.63) is 96.1 Å². The van der Waals surface area contributed by atoms with Crippen LogP contribution in [0.2, 0.25) is 0 Å². The summed E-state index contributed by atoms with van der Waals surface area (Å²) in [6.07, 6.45) is 5.59. The first kappa shape index (κ1) is 21.4. The molecule has 1 N–H and O–H groups in total. The van der Waals surface area contributed by atoms with Gasteiger partial charge in [0.25, 0.3) is 0 Å². The molecule has 0 aliphatic rings. The van der Waals surface area contributed by atoms with Gasteiger partial charge in [0.1, 0.15) is 11.6 Å². The minimum Gasteiger partial charge on any atom is -0.365 e. The van der Waals surface area contributed by atoms with Gasteiger partial charge in [-0.2, -0.15) is 0 Å². The smallest absolute Gasteiger partial charge is 0.135 e. The summed E-state index contributed by atoms with van der Waals surface area (Å²) in [5.41, 5.74) is 5.60. The molecule has 2 aromatic carbocycles. The van der Waals surface area contributed by atoms with Gasteiger partial charge in [0.15, 0.2) is 0 Å². The highest BCUT2D eigenvalue weighted by atomic mass is 19.1. The Labute approximate surface area is 187 Å². The second-order valence-electron chi connectivity index (χ2n) is 7.67. The van der Waals surface area contributed by atoms with Crippen molar-refractivity contribution in [3.8, 4) is 11.3 Å². The summed E-state index contributed by atoms with van der Waals surface area (Å²) >= 11 is 0. The summed E-state index contributed by atoms with van der Waals surface area (Å²) in [5.74, 6) is 0.474. The molecular weight excluding hydrogens is 399 g/mol. The Hall–Kier alpha value is -3.86. The number of nitrogens with zero attached hydrogens (tertiary/aromatic N) is 3. The van der Waals surface area contributed by atoms with Gasteiger partial charge in [0.2, 0.25) is 0 Å². The molecule has 0 radical (unpaired) electrons. The summed E-state index contributed by atoms with van der Waals surface area (Å²) in [7, 11) is 1.80. The van der Waals surface area contributed by atoms with E-state index in [-0.39, 0.29) is 5.82 Å². The number of aromatic nitrogens is 2. The number of anilines is 1. The normalized spacial score (nSPS) is 12.2. The number of benzene rings is 2. The Morgan fingerprint density at radius 1 is 1.03 bits per heavy atom. The van der Waals surface area contributed by atoms with E-state index in [4.69, 9.17) is 0 Å². The molecule has 0 saturated carbocycles. The van der Waals surface area contributed by atoms with E-state index in [2.05, 4.69) is 57.5 Å². The van der Waals surface area contributed by atoms with Gasteiger partial charge in [-0.1, -0.05) is 36.4 Å². The number of hydrogen-bond donors (Lipinski definition) is 1. The number of pyridine rings is 2. The van der Waals surface area contributed by atoms with E-state index in [0.29, 0.717) is 17.8 Å². The minimum absolute atomic E-state index is 0.280. The van der Waals surface area contributed by atoms with Crippen molar-refractivity contribution in [2.45, 2.75) is 20.4 Å². The highest BCUT2D eigenvalue weighted by molar-refractivity contribution is 5.98. The van der Waals surface area contributed by atoms with Crippen molar-refractivity contribution in [2.24, 2.45) is 4.99 Å². The highest BCUT2D eigenvalue weighted by Crippen LogP contribution is 2.27. The molecule has 160 valence electrons. The van der Waals surface area contributed by atoms with Crippen LogP contribution in [0.25, 0.3) is 27.6 Å². The molecule has 5 heteroatoms. The van der Waals surface area contributed by atoms with Crippen molar-refractivity contribution in [1.82, 2.24) is 9.97 Å². The number of allylic oxidation sites excluding steroid dienone is 2. The van der Waals surface area contributed by atoms with E-state index in [1.54, 1.807) is 31.6 Å². The maximum Gasteiger partial charge on any atom is 0.135 e. The highest BCUT2D eigenvalue weighted by Gasteiger charge is 2.09. The third kappa shape index (κ3) is 4.72. The zero-order valence-corrected chi connectivity index (χ0v) is 18.4. The first-order valence-corrected chi connectivity index (χ1v) is 10.5. The predicted molar refractivity (Wildman–Crippen MR) is 131 cm³/mol. The molecule has 2 heterocycles. The lowest BCUT2D eigenvalue weighted by Crippen LogP contribution is -2.02. The van der Waals surface area contributed by atoms with E-state index in [1.165, 1.54) is 17.2 Å². The number of halogens is 1. The average Bonchev–Trinajstić information content (AvgIpc) is 2.82. The number of hydrogen-bond acceptors (Lipinski definition) is 4. The molecule has 0 atom stereocenters. The van der Waals surface area contributed by atoms with Gasteiger partial charge in [-0.25, -0.2) is 9.37 Å². The Morgan fingerprint density at radius 3 is 2.56 bits per heavy atom. The Morgan fingerprint density at radius 2 is 1.81 bits per heavy atom. The largest absolute Gasteiger partial charge is 0.365 e. The third-order valence-corrected chi connectivity index (χ3v) is 5.45. The monoisotopic (exact) mass is 424 g/mol. The van der Waals surface area contributed by atoms with Crippen LogP contribution in [0.4, 0.5) is 10.2 Å². The van der Waals surface area contributed by atoms with Crippen LogP contribution in [0.15, 0.2) is 84.1 Å². The molecule has 0 unspecified atom stereocenters. The zero-order chi connectivity index (χ0) is 22.5. The molecule has 0 amide bonds. The Kier molecular flexibility index (Phi) is 6.36. The molecule has 4 rings (SSSR count). The van der Waals surface area contributed by atoms with E-state index in [0.717, 1.165) is 27.9 Å². The molecule has 0 spiro atoms. The maximum atomic E-state index is 14.1. The van der Waals surface area contributed by atoms with Crippen LogP contribution in [-0.4, -0.2) is 22.7 Å². The van der Waals surface area contributed by atoms with Gasteiger partial charge in [0, 0.05) is 42.6 Å². The van der Waals surface area contributed by atoms with Crippen LogP contribution in [0.3, 0.4) is 0 Å². The van der Waals surface area contributed by atoms with Crippen molar-refractivity contribution in [2.75, 3.05) is 12.4 Å². The average molecular weight is 425 g/mol. The quantitative estimate of drug-likeness (QED) is 0.357. The number of rotatable bonds is 6. The summed E-state index contributed by atoms with van der Waals surface area (Å²) in [5, 5.41) is 5.26. The van der Waals surface area contributed by atoms with Crippen LogP contribution < -0.4 is 5.32 Å². The Balaban J connectivity index is 1.52. The summed E-state index contributed by atoms with van der Waals surface area (Å²) < 4.78 is 14.1. The Bertz CT molecular complexity index is 1310. The molecule has 4 nitrogen and oxygen atoms in total. The standard InChI is InChI=1S/C27H25FN4/c1-18(14-19(2)29-3)21-10-8-20(9-11-21)16-32-27-24-17-31-26(15-22(24)12-13-30-27)23-6-4-5-7-25(23)28/h4-15,17H,16H2,1-3H3,(H,30,32)/b18-14+,29-19?. The fourth-order valence-electron chi connectivity index (χ4n) is 3.56. The molecule has 0 fully saturated rings. The number of nitrogens with one attached hydrogen (secondary N) is 1. The maximum absolute atomic E-state index is 14.1. The SMILES string of the molecule is CN=C(C)/C=C(\C)c1ccc(CNc2nccc3cc(-c4ccccc4F)ncc23)cc1. The predicted octanol–water partition coefficient (Wildman–Crippen LogP) is 6.54. The fourth-order valence-corrected chi connectivity index (χ4v) is 3.56. The molecule has 32 heavy (non-hydrogen) atoms. The van der Waals surface area contributed by atoms with Crippen molar-refractivity contribution in [3.63, 3.8) is 0 Å². The summed E-state index contributed by atoms with van der Waals surface area (Å²) in [6, 6.07) is 18.9. The topological polar surface area (TPSA) is 50.2 Å². The molecular formula is C27H25FN4. The van der Waals surface area contributed by atoms with E-state index < -0.39 is 0 Å². The van der Waals surface area contributed by atoms with Crippen LogP contribution in [0.5, 0.6) is 0 Å². The lowest BCUT2D eigenvalue weighted by molar-refractivity contribution is 0.631. The first-order valence-electron chi connectivity index (χ1n) is 10.5. The van der Waals surface area contributed by atoms with E-state index in [1.807, 2.05) is 25.1 Å². The fraction of sp³-hybridized carbons (Fsp3) is 0.148. The van der Waals surface area contributed by atoms with Gasteiger partial charge in [-0.15, -0.1) is 0 Å². The lowest BCUT2D eigenvalue weighted by atomic mass is 10.0. The zero-order valence-electron chi connectivity index (χ0n) is 18.4. The summed E-state index contributed by atoms with van der Waals surface area (Å²) in [6.45, 7) is 4.72.